The molecule has 0 unspecified atom stereocenters. The molecule has 0 atom stereocenters. The van der Waals surface area contributed by atoms with Gasteiger partial charge in [0.2, 0.25) is 0 Å². The third-order valence-corrected chi connectivity index (χ3v) is 2.25. The summed E-state index contributed by atoms with van der Waals surface area (Å²) in [5, 5.41) is 16.3. The summed E-state index contributed by atoms with van der Waals surface area (Å²) in [6, 6.07) is 1.88. The number of nitrogens with zero attached hydrogens (tertiary/aromatic N) is 4. The molecule has 0 amide bonds. The van der Waals surface area contributed by atoms with E-state index in [1.807, 2.05) is 0 Å². The molecule has 0 aliphatic rings. The predicted octanol–water partition coefficient (Wildman–Crippen LogP) is 1.69. The van der Waals surface area contributed by atoms with E-state index in [2.05, 4.69) is 15.2 Å². The van der Waals surface area contributed by atoms with Gasteiger partial charge in [-0.3, -0.25) is 0 Å². The average molecular weight is 272 g/mol. The Hall–Kier alpha value is -2.45. The molecular weight excluding hydrogens is 265 g/mol. The lowest BCUT2D eigenvalue weighted by molar-refractivity contribution is -0.141. The van der Waals surface area contributed by atoms with Crippen LogP contribution in [0.25, 0.3) is 5.69 Å². The molecule has 2 aromatic heterocycles. The van der Waals surface area contributed by atoms with Crippen molar-refractivity contribution >= 4 is 5.97 Å². The molecule has 0 radical (unpaired) electrons. The molecule has 0 saturated heterocycles. The van der Waals surface area contributed by atoms with Gasteiger partial charge in [0.05, 0.1) is 11.9 Å². The van der Waals surface area contributed by atoms with Crippen molar-refractivity contribution in [2.75, 3.05) is 0 Å². The van der Waals surface area contributed by atoms with Gasteiger partial charge in [-0.25, -0.2) is 9.78 Å². The van der Waals surface area contributed by atoms with Gasteiger partial charge < -0.3 is 5.11 Å². The maximum atomic E-state index is 12.3. The summed E-state index contributed by atoms with van der Waals surface area (Å²) in [5.74, 6) is -1.26. The van der Waals surface area contributed by atoms with Gasteiger partial charge in [0, 0.05) is 0 Å². The van der Waals surface area contributed by atoms with E-state index in [1.54, 1.807) is 0 Å². The van der Waals surface area contributed by atoms with Crippen LogP contribution in [-0.2, 0) is 6.18 Å². The second-order valence-electron chi connectivity index (χ2n) is 3.63. The molecule has 100 valence electrons. The zero-order valence-electron chi connectivity index (χ0n) is 9.51. The maximum absolute atomic E-state index is 12.3. The Kier molecular flexibility index (Phi) is 2.97. The van der Waals surface area contributed by atoms with Crippen LogP contribution in [0.15, 0.2) is 18.3 Å². The maximum Gasteiger partial charge on any atom is 0.433 e. The largest absolute Gasteiger partial charge is 0.476 e. The van der Waals surface area contributed by atoms with E-state index < -0.39 is 17.8 Å². The van der Waals surface area contributed by atoms with E-state index in [0.717, 1.165) is 23.1 Å². The highest BCUT2D eigenvalue weighted by Crippen LogP contribution is 2.27. The number of aromatic carboxylic acids is 1. The number of pyridine rings is 1. The summed E-state index contributed by atoms with van der Waals surface area (Å²) in [6.07, 6.45) is -3.61. The number of hydrogen-bond donors (Lipinski definition) is 1. The van der Waals surface area contributed by atoms with Crippen LogP contribution in [0.4, 0.5) is 13.2 Å². The van der Waals surface area contributed by atoms with Crippen molar-refractivity contribution in [2.45, 2.75) is 13.1 Å². The summed E-state index contributed by atoms with van der Waals surface area (Å²) in [5.41, 5.74) is -1.01. The number of halogens is 3. The zero-order valence-corrected chi connectivity index (χ0v) is 9.51. The van der Waals surface area contributed by atoms with Gasteiger partial charge in [-0.05, 0) is 19.1 Å². The van der Waals surface area contributed by atoms with E-state index >= 15 is 0 Å². The molecule has 0 saturated carbocycles. The Labute approximate surface area is 104 Å². The first-order valence-electron chi connectivity index (χ1n) is 5.00. The van der Waals surface area contributed by atoms with Gasteiger partial charge in [-0.2, -0.15) is 18.3 Å². The number of alkyl halides is 3. The first-order valence-corrected chi connectivity index (χ1v) is 5.00. The number of carboxylic acids is 1. The number of rotatable bonds is 2. The van der Waals surface area contributed by atoms with Gasteiger partial charge in [0.15, 0.2) is 5.69 Å². The van der Waals surface area contributed by atoms with Crippen molar-refractivity contribution in [3.8, 4) is 5.69 Å². The fourth-order valence-electron chi connectivity index (χ4n) is 1.36. The molecule has 2 aromatic rings. The molecule has 6 nitrogen and oxygen atoms in total. The van der Waals surface area contributed by atoms with Gasteiger partial charge in [-0.15, -0.1) is 9.90 Å². The molecule has 2 heterocycles. The van der Waals surface area contributed by atoms with Crippen LogP contribution < -0.4 is 0 Å². The van der Waals surface area contributed by atoms with E-state index in [1.165, 1.54) is 6.92 Å². The topological polar surface area (TPSA) is 80.9 Å². The highest BCUT2D eigenvalue weighted by molar-refractivity contribution is 5.86. The summed E-state index contributed by atoms with van der Waals surface area (Å²) in [7, 11) is 0. The van der Waals surface area contributed by atoms with Crippen molar-refractivity contribution < 1.29 is 23.1 Å². The Bertz CT molecular complexity index is 619. The molecule has 9 heteroatoms. The third kappa shape index (κ3) is 2.54. The Morgan fingerprint density at radius 1 is 1.32 bits per heavy atom. The van der Waals surface area contributed by atoms with Crippen molar-refractivity contribution in [1.82, 2.24) is 20.0 Å². The molecule has 1 N–H and O–H groups in total. The Morgan fingerprint density at radius 2 is 2.00 bits per heavy atom. The first-order chi connectivity index (χ1) is 8.79. The van der Waals surface area contributed by atoms with Crippen LogP contribution in [-0.4, -0.2) is 31.1 Å². The van der Waals surface area contributed by atoms with Gasteiger partial charge in [-0.1, -0.05) is 0 Å². The van der Waals surface area contributed by atoms with E-state index in [-0.39, 0.29) is 17.1 Å². The highest BCUT2D eigenvalue weighted by Gasteiger charge is 2.32. The minimum absolute atomic E-state index is 0.142. The molecule has 0 aliphatic carbocycles. The summed E-state index contributed by atoms with van der Waals surface area (Å²) < 4.78 is 37.0. The zero-order chi connectivity index (χ0) is 14.2. The van der Waals surface area contributed by atoms with Crippen LogP contribution in [0.5, 0.6) is 0 Å². The van der Waals surface area contributed by atoms with Crippen molar-refractivity contribution in [1.29, 1.82) is 0 Å². The van der Waals surface area contributed by atoms with Gasteiger partial charge in [0.25, 0.3) is 0 Å². The first kappa shape index (κ1) is 13.0. The van der Waals surface area contributed by atoms with E-state index in [4.69, 9.17) is 5.11 Å². The second kappa shape index (κ2) is 4.34. The molecule has 19 heavy (non-hydrogen) atoms. The minimum atomic E-state index is -4.53. The lowest BCUT2D eigenvalue weighted by Gasteiger charge is -2.05. The van der Waals surface area contributed by atoms with Crippen molar-refractivity contribution in [3.05, 3.63) is 35.4 Å². The molecule has 0 spiro atoms. The third-order valence-electron chi connectivity index (χ3n) is 2.25. The van der Waals surface area contributed by atoms with Crippen LogP contribution in [0, 0.1) is 6.92 Å². The van der Waals surface area contributed by atoms with Crippen LogP contribution in [0.1, 0.15) is 21.9 Å². The van der Waals surface area contributed by atoms with Gasteiger partial charge >= 0.3 is 12.1 Å². The standard InChI is InChI=1S/C10H7F3N4O2/c1-5-8(9(18)19)16-17(15-5)6-2-3-7(14-4-6)10(11,12)13/h2-4H,1H3,(H,18,19). The number of aryl methyl sites for hydroxylation is 1. The number of hydrogen-bond acceptors (Lipinski definition) is 4. The molecule has 0 aliphatic heterocycles. The van der Waals surface area contributed by atoms with Crippen LogP contribution in [0.2, 0.25) is 0 Å². The average Bonchev–Trinajstić information content (AvgIpc) is 2.70. The fourth-order valence-corrected chi connectivity index (χ4v) is 1.36. The summed E-state index contributed by atoms with van der Waals surface area (Å²) in [6.45, 7) is 1.43. The van der Waals surface area contributed by atoms with Crippen molar-refractivity contribution in [3.63, 3.8) is 0 Å². The van der Waals surface area contributed by atoms with Crippen molar-refractivity contribution in [2.24, 2.45) is 0 Å². The lowest BCUT2D eigenvalue weighted by Crippen LogP contribution is -2.09. The SMILES string of the molecule is Cc1nn(-c2ccc(C(F)(F)F)nc2)nc1C(=O)O. The molecule has 0 fully saturated rings. The lowest BCUT2D eigenvalue weighted by atomic mass is 10.3. The van der Waals surface area contributed by atoms with Crippen LogP contribution in [0.3, 0.4) is 0 Å². The monoisotopic (exact) mass is 272 g/mol. The molecule has 0 bridgehead atoms. The number of carbonyl (C=O) groups is 1. The second-order valence-corrected chi connectivity index (χ2v) is 3.63. The molecule has 2 rings (SSSR count). The van der Waals surface area contributed by atoms with E-state index in [0.29, 0.717) is 0 Å². The Balaban J connectivity index is 2.38. The quantitative estimate of drug-likeness (QED) is 0.899. The Morgan fingerprint density at radius 3 is 2.42 bits per heavy atom. The van der Waals surface area contributed by atoms with Gasteiger partial charge in [0.1, 0.15) is 11.4 Å². The number of aromatic nitrogens is 4. The molecular formula is C10H7F3N4O2. The highest BCUT2D eigenvalue weighted by atomic mass is 19.4. The fraction of sp³-hybridized carbons (Fsp3) is 0.200. The molecule has 0 aromatic carbocycles. The smallest absolute Gasteiger partial charge is 0.433 e. The summed E-state index contributed by atoms with van der Waals surface area (Å²) >= 11 is 0. The normalized spacial score (nSPS) is 11.6. The summed E-state index contributed by atoms with van der Waals surface area (Å²) in [4.78, 5) is 14.9. The predicted molar refractivity (Wildman–Crippen MR) is 55.9 cm³/mol. The minimum Gasteiger partial charge on any atom is -0.476 e. The van der Waals surface area contributed by atoms with E-state index in [9.17, 15) is 18.0 Å². The van der Waals surface area contributed by atoms with Crippen LogP contribution >= 0.6 is 0 Å². The number of carboxylic acid groups (broad SMARTS) is 1.